The standard InChI is InChI=1S/C13H9FN4O/c14-8-5-6-11(15-7-8)16-13(19)12-9-3-1-2-4-10(9)17-18-12/h1-7H,(H,17,18)(H,15,16,19). The highest BCUT2D eigenvalue weighted by atomic mass is 19.1. The van der Waals surface area contributed by atoms with Crippen molar-refractivity contribution in [2.75, 3.05) is 5.32 Å². The minimum atomic E-state index is -0.455. The summed E-state index contributed by atoms with van der Waals surface area (Å²) in [6.45, 7) is 0. The molecule has 3 rings (SSSR count). The molecule has 6 heteroatoms. The molecule has 1 amide bonds. The number of carbonyl (C=O) groups excluding carboxylic acids is 1. The summed E-state index contributed by atoms with van der Waals surface area (Å²) in [5, 5.41) is 10.0. The molecule has 0 aliphatic rings. The van der Waals surface area contributed by atoms with E-state index in [1.54, 1.807) is 6.07 Å². The van der Waals surface area contributed by atoms with Crippen LogP contribution in [0.25, 0.3) is 10.9 Å². The van der Waals surface area contributed by atoms with E-state index in [9.17, 15) is 9.18 Å². The highest BCUT2D eigenvalue weighted by molar-refractivity contribution is 6.10. The Morgan fingerprint density at radius 2 is 2.05 bits per heavy atom. The van der Waals surface area contributed by atoms with Crippen LogP contribution in [0.4, 0.5) is 10.2 Å². The van der Waals surface area contributed by atoms with E-state index in [2.05, 4.69) is 20.5 Å². The first-order chi connectivity index (χ1) is 9.24. The summed E-state index contributed by atoms with van der Waals surface area (Å²) < 4.78 is 12.7. The molecule has 2 heterocycles. The number of nitrogens with zero attached hydrogens (tertiary/aromatic N) is 2. The summed E-state index contributed by atoms with van der Waals surface area (Å²) in [7, 11) is 0. The Morgan fingerprint density at radius 3 is 2.84 bits per heavy atom. The number of nitrogens with one attached hydrogen (secondary N) is 2. The number of fused-ring (bicyclic) bond motifs is 1. The largest absolute Gasteiger partial charge is 0.305 e. The molecule has 0 atom stereocenters. The summed E-state index contributed by atoms with van der Waals surface area (Å²) in [5.74, 6) is -0.571. The first kappa shape index (κ1) is 11.3. The Morgan fingerprint density at radius 1 is 1.21 bits per heavy atom. The minimum absolute atomic E-state index is 0.276. The molecule has 2 N–H and O–H groups in total. The van der Waals surface area contributed by atoms with Crippen molar-refractivity contribution in [1.82, 2.24) is 15.2 Å². The third-order valence-electron chi connectivity index (χ3n) is 2.65. The van der Waals surface area contributed by atoms with Crippen molar-refractivity contribution in [1.29, 1.82) is 0 Å². The van der Waals surface area contributed by atoms with E-state index in [0.717, 1.165) is 17.1 Å². The first-order valence-electron chi connectivity index (χ1n) is 5.60. The van der Waals surface area contributed by atoms with Crippen molar-refractivity contribution < 1.29 is 9.18 Å². The number of rotatable bonds is 2. The number of hydrogen-bond acceptors (Lipinski definition) is 3. The van der Waals surface area contributed by atoms with E-state index < -0.39 is 11.7 Å². The molecule has 0 radical (unpaired) electrons. The number of amides is 1. The molecule has 0 spiro atoms. The van der Waals surface area contributed by atoms with Crippen LogP contribution in [0, 0.1) is 5.82 Å². The van der Waals surface area contributed by atoms with Crippen molar-refractivity contribution in [3.63, 3.8) is 0 Å². The van der Waals surface area contributed by atoms with Gasteiger partial charge in [-0.1, -0.05) is 18.2 Å². The maximum Gasteiger partial charge on any atom is 0.277 e. The monoisotopic (exact) mass is 256 g/mol. The number of H-pyrrole nitrogens is 1. The van der Waals surface area contributed by atoms with Gasteiger partial charge in [0.2, 0.25) is 0 Å². The van der Waals surface area contributed by atoms with Gasteiger partial charge in [-0.3, -0.25) is 9.89 Å². The second-order valence-corrected chi connectivity index (χ2v) is 3.93. The van der Waals surface area contributed by atoms with Gasteiger partial charge in [-0.15, -0.1) is 0 Å². The van der Waals surface area contributed by atoms with Crippen LogP contribution in [0.1, 0.15) is 10.5 Å². The molecule has 2 aromatic heterocycles. The van der Waals surface area contributed by atoms with Crippen LogP contribution >= 0.6 is 0 Å². The van der Waals surface area contributed by atoms with Crippen LogP contribution in [0.3, 0.4) is 0 Å². The Hall–Kier alpha value is -2.76. The average Bonchev–Trinajstić information content (AvgIpc) is 2.85. The van der Waals surface area contributed by atoms with E-state index in [4.69, 9.17) is 0 Å². The molecule has 0 bridgehead atoms. The molecule has 19 heavy (non-hydrogen) atoms. The zero-order valence-corrected chi connectivity index (χ0v) is 9.72. The molecule has 0 saturated heterocycles. The second-order valence-electron chi connectivity index (χ2n) is 3.93. The molecule has 0 saturated carbocycles. The molecule has 0 unspecified atom stereocenters. The molecular formula is C13H9FN4O. The molecule has 94 valence electrons. The highest BCUT2D eigenvalue weighted by Gasteiger charge is 2.14. The van der Waals surface area contributed by atoms with Crippen molar-refractivity contribution in [3.05, 3.63) is 54.1 Å². The predicted octanol–water partition coefficient (Wildman–Crippen LogP) is 2.35. The lowest BCUT2D eigenvalue weighted by atomic mass is 10.2. The number of hydrogen-bond donors (Lipinski definition) is 2. The van der Waals surface area contributed by atoms with Gasteiger partial charge in [-0.2, -0.15) is 5.10 Å². The van der Waals surface area contributed by atoms with Gasteiger partial charge in [0.15, 0.2) is 5.69 Å². The summed E-state index contributed by atoms with van der Waals surface area (Å²) in [5.41, 5.74) is 1.06. The van der Waals surface area contributed by atoms with E-state index in [1.807, 2.05) is 18.2 Å². The lowest BCUT2D eigenvalue weighted by molar-refractivity contribution is 0.102. The predicted molar refractivity (Wildman–Crippen MR) is 68.2 cm³/mol. The van der Waals surface area contributed by atoms with Gasteiger partial charge in [0, 0.05) is 5.39 Å². The Kier molecular flexibility index (Phi) is 2.68. The zero-order valence-electron chi connectivity index (χ0n) is 9.72. The smallest absolute Gasteiger partial charge is 0.277 e. The van der Waals surface area contributed by atoms with E-state index >= 15 is 0 Å². The van der Waals surface area contributed by atoms with Crippen molar-refractivity contribution in [2.24, 2.45) is 0 Å². The van der Waals surface area contributed by atoms with Gasteiger partial charge in [0.1, 0.15) is 11.6 Å². The first-order valence-corrected chi connectivity index (χ1v) is 5.60. The minimum Gasteiger partial charge on any atom is -0.305 e. The molecule has 5 nitrogen and oxygen atoms in total. The van der Waals surface area contributed by atoms with E-state index in [-0.39, 0.29) is 11.5 Å². The van der Waals surface area contributed by atoms with Gasteiger partial charge in [-0.05, 0) is 18.2 Å². The van der Waals surface area contributed by atoms with Gasteiger partial charge >= 0.3 is 0 Å². The molecule has 1 aromatic carbocycles. The second kappa shape index (κ2) is 4.49. The highest BCUT2D eigenvalue weighted by Crippen LogP contribution is 2.16. The summed E-state index contributed by atoms with van der Waals surface area (Å²) in [6, 6.07) is 9.92. The molecule has 0 aliphatic heterocycles. The van der Waals surface area contributed by atoms with Crippen molar-refractivity contribution in [2.45, 2.75) is 0 Å². The van der Waals surface area contributed by atoms with Crippen molar-refractivity contribution >= 4 is 22.6 Å². The van der Waals surface area contributed by atoms with Gasteiger partial charge < -0.3 is 5.32 Å². The van der Waals surface area contributed by atoms with Crippen molar-refractivity contribution in [3.8, 4) is 0 Å². The molecule has 0 aliphatic carbocycles. The lowest BCUT2D eigenvalue weighted by Crippen LogP contribution is -2.13. The number of carbonyl (C=O) groups is 1. The van der Waals surface area contributed by atoms with Crippen LogP contribution < -0.4 is 5.32 Å². The normalized spacial score (nSPS) is 10.6. The number of anilines is 1. The van der Waals surface area contributed by atoms with E-state index in [1.165, 1.54) is 12.1 Å². The third kappa shape index (κ3) is 2.15. The molecule has 0 fully saturated rings. The Bertz CT molecular complexity index is 736. The quantitative estimate of drug-likeness (QED) is 0.739. The summed E-state index contributed by atoms with van der Waals surface area (Å²) in [6.07, 6.45) is 1.04. The maximum absolute atomic E-state index is 12.7. The summed E-state index contributed by atoms with van der Waals surface area (Å²) >= 11 is 0. The number of pyridine rings is 1. The molecule has 3 aromatic rings. The fourth-order valence-electron chi connectivity index (χ4n) is 1.76. The average molecular weight is 256 g/mol. The maximum atomic E-state index is 12.7. The Balaban J connectivity index is 1.90. The fourth-order valence-corrected chi connectivity index (χ4v) is 1.76. The fraction of sp³-hybridized carbons (Fsp3) is 0. The van der Waals surface area contributed by atoms with Gasteiger partial charge in [0.25, 0.3) is 5.91 Å². The number of aromatic nitrogens is 3. The molecular weight excluding hydrogens is 247 g/mol. The number of aromatic amines is 1. The third-order valence-corrected chi connectivity index (χ3v) is 2.65. The summed E-state index contributed by atoms with van der Waals surface area (Å²) in [4.78, 5) is 15.8. The number of para-hydroxylation sites is 1. The lowest BCUT2D eigenvalue weighted by Gasteiger charge is -2.01. The zero-order chi connectivity index (χ0) is 13.2. The van der Waals surface area contributed by atoms with Crippen LogP contribution in [-0.2, 0) is 0 Å². The van der Waals surface area contributed by atoms with Crippen LogP contribution in [0.5, 0.6) is 0 Å². The number of benzene rings is 1. The van der Waals surface area contributed by atoms with E-state index in [0.29, 0.717) is 0 Å². The van der Waals surface area contributed by atoms with Gasteiger partial charge in [-0.25, -0.2) is 9.37 Å². The topological polar surface area (TPSA) is 70.7 Å². The van der Waals surface area contributed by atoms with Crippen LogP contribution in [0.2, 0.25) is 0 Å². The van der Waals surface area contributed by atoms with Crippen LogP contribution in [-0.4, -0.2) is 21.1 Å². The van der Waals surface area contributed by atoms with Crippen LogP contribution in [0.15, 0.2) is 42.6 Å². The number of halogens is 1. The SMILES string of the molecule is O=C(Nc1ccc(F)cn1)c1n[nH]c2ccccc12. The van der Waals surface area contributed by atoms with Gasteiger partial charge in [0.05, 0.1) is 11.7 Å². The Labute approximate surface area is 107 Å².